The summed E-state index contributed by atoms with van der Waals surface area (Å²) in [6, 6.07) is 2.91. The zero-order valence-corrected chi connectivity index (χ0v) is 8.63. The lowest BCUT2D eigenvalue weighted by atomic mass is 10.2. The van der Waals surface area contributed by atoms with Crippen LogP contribution in [0.4, 0.5) is 5.69 Å². The minimum Gasteiger partial charge on any atom is -0.496 e. The van der Waals surface area contributed by atoms with Crippen LogP contribution in [0.3, 0.4) is 0 Å². The van der Waals surface area contributed by atoms with Crippen molar-refractivity contribution in [3.63, 3.8) is 0 Å². The van der Waals surface area contributed by atoms with Gasteiger partial charge in [0.2, 0.25) is 0 Å². The summed E-state index contributed by atoms with van der Waals surface area (Å²) in [4.78, 5) is -0.295. The van der Waals surface area contributed by atoms with E-state index in [-0.39, 0.29) is 10.6 Å². The fourth-order valence-corrected chi connectivity index (χ4v) is 2.11. The second kappa shape index (κ2) is 3.47. The number of nitrogen functional groups attached to an aromatic ring is 1. The first-order valence-electron chi connectivity index (χ1n) is 3.78. The summed E-state index contributed by atoms with van der Waals surface area (Å²) in [6.07, 6.45) is 0. The van der Waals surface area contributed by atoms with Gasteiger partial charge in [0.15, 0.2) is 0 Å². The molecule has 0 radical (unpaired) electrons. The number of ether oxygens (including phenoxy) is 1. The number of methoxy groups -OCH3 is 1. The van der Waals surface area contributed by atoms with Crippen molar-refractivity contribution in [2.45, 2.75) is 11.8 Å². The molecule has 3 N–H and O–H groups in total. The Morgan fingerprint density at radius 3 is 2.43 bits per heavy atom. The average Bonchev–Trinajstić information content (AvgIpc) is 2.02. The van der Waals surface area contributed by atoms with Crippen LogP contribution in [0, 0.1) is 6.92 Å². The minimum absolute atomic E-state index is 0.00537. The Morgan fingerprint density at radius 1 is 1.43 bits per heavy atom. The van der Waals surface area contributed by atoms with E-state index in [0.29, 0.717) is 11.3 Å². The second-order valence-electron chi connectivity index (χ2n) is 2.79. The van der Waals surface area contributed by atoms with Crippen molar-refractivity contribution >= 4 is 15.8 Å². The summed E-state index contributed by atoms with van der Waals surface area (Å²) in [5.74, 6) is 0.367. The van der Waals surface area contributed by atoms with Gasteiger partial charge in [-0.2, -0.15) is 8.42 Å². The molecule has 0 aliphatic carbocycles. The lowest BCUT2D eigenvalue weighted by Crippen LogP contribution is -2.06. The third-order valence-electron chi connectivity index (χ3n) is 1.86. The molecule has 0 spiro atoms. The van der Waals surface area contributed by atoms with E-state index in [1.807, 2.05) is 0 Å². The Hall–Kier alpha value is -1.27. The quantitative estimate of drug-likeness (QED) is 0.565. The first-order chi connectivity index (χ1) is 6.38. The molecule has 0 saturated heterocycles. The average molecular weight is 217 g/mol. The van der Waals surface area contributed by atoms with E-state index in [2.05, 4.69) is 0 Å². The topological polar surface area (TPSA) is 89.6 Å². The molecular weight excluding hydrogens is 206 g/mol. The van der Waals surface area contributed by atoms with Gasteiger partial charge in [0.1, 0.15) is 10.6 Å². The number of hydrogen-bond donors (Lipinski definition) is 2. The molecule has 6 heteroatoms. The van der Waals surface area contributed by atoms with Crippen molar-refractivity contribution < 1.29 is 17.7 Å². The highest BCUT2D eigenvalue weighted by molar-refractivity contribution is 7.86. The SMILES string of the molecule is COc1ccc(N)c(S(=O)(=O)O)c1C. The highest BCUT2D eigenvalue weighted by Gasteiger charge is 2.19. The molecular formula is C8H11NO4S. The van der Waals surface area contributed by atoms with E-state index in [0.717, 1.165) is 0 Å². The van der Waals surface area contributed by atoms with Crippen LogP contribution in [-0.4, -0.2) is 20.1 Å². The predicted molar refractivity (Wildman–Crippen MR) is 52.0 cm³/mol. The van der Waals surface area contributed by atoms with Gasteiger partial charge in [-0.25, -0.2) is 0 Å². The van der Waals surface area contributed by atoms with E-state index < -0.39 is 10.1 Å². The smallest absolute Gasteiger partial charge is 0.296 e. The summed E-state index contributed by atoms with van der Waals surface area (Å²) in [7, 11) is -2.89. The third kappa shape index (κ3) is 1.80. The molecule has 0 aliphatic rings. The Kier molecular flexibility index (Phi) is 2.68. The van der Waals surface area contributed by atoms with Crippen LogP contribution >= 0.6 is 0 Å². The molecule has 0 unspecified atom stereocenters. The predicted octanol–water partition coefficient (Wildman–Crippen LogP) is 0.833. The number of anilines is 1. The minimum atomic E-state index is -4.30. The van der Waals surface area contributed by atoms with E-state index in [4.69, 9.17) is 15.0 Å². The summed E-state index contributed by atoms with van der Waals surface area (Å²) in [6.45, 7) is 1.51. The first kappa shape index (κ1) is 10.8. The maximum Gasteiger partial charge on any atom is 0.296 e. The van der Waals surface area contributed by atoms with Crippen molar-refractivity contribution in [3.05, 3.63) is 17.7 Å². The molecule has 78 valence electrons. The van der Waals surface area contributed by atoms with Gasteiger partial charge >= 0.3 is 0 Å². The molecule has 1 rings (SSSR count). The molecule has 0 bridgehead atoms. The Balaban J connectivity index is 3.57. The first-order valence-corrected chi connectivity index (χ1v) is 5.22. The molecule has 0 heterocycles. The molecule has 0 aliphatic heterocycles. The van der Waals surface area contributed by atoms with Gasteiger partial charge in [0.05, 0.1) is 12.8 Å². The van der Waals surface area contributed by atoms with Gasteiger partial charge in [-0.15, -0.1) is 0 Å². The van der Waals surface area contributed by atoms with Crippen LogP contribution in [0.1, 0.15) is 5.56 Å². The fraction of sp³-hybridized carbons (Fsp3) is 0.250. The molecule has 0 saturated carbocycles. The van der Waals surface area contributed by atoms with E-state index in [1.165, 1.54) is 20.1 Å². The summed E-state index contributed by atoms with van der Waals surface area (Å²) < 4.78 is 35.7. The Bertz CT molecular complexity index is 453. The maximum atomic E-state index is 11.0. The van der Waals surface area contributed by atoms with E-state index >= 15 is 0 Å². The van der Waals surface area contributed by atoms with Crippen molar-refractivity contribution in [3.8, 4) is 5.75 Å². The molecule has 1 aromatic carbocycles. The number of hydrogen-bond acceptors (Lipinski definition) is 4. The van der Waals surface area contributed by atoms with Crippen molar-refractivity contribution in [1.29, 1.82) is 0 Å². The number of nitrogens with two attached hydrogens (primary N) is 1. The normalized spacial score (nSPS) is 11.4. The van der Waals surface area contributed by atoms with Crippen LogP contribution < -0.4 is 10.5 Å². The molecule has 5 nitrogen and oxygen atoms in total. The van der Waals surface area contributed by atoms with E-state index in [9.17, 15) is 8.42 Å². The zero-order chi connectivity index (χ0) is 10.9. The molecule has 0 atom stereocenters. The Labute approximate surface area is 82.2 Å². The van der Waals surface area contributed by atoms with Crippen LogP contribution in [0.5, 0.6) is 5.75 Å². The van der Waals surface area contributed by atoms with Crippen LogP contribution in [-0.2, 0) is 10.1 Å². The molecule has 0 aromatic heterocycles. The third-order valence-corrected chi connectivity index (χ3v) is 2.92. The van der Waals surface area contributed by atoms with Gasteiger partial charge in [-0.1, -0.05) is 0 Å². The molecule has 14 heavy (non-hydrogen) atoms. The van der Waals surface area contributed by atoms with E-state index in [1.54, 1.807) is 6.07 Å². The zero-order valence-electron chi connectivity index (χ0n) is 7.81. The Morgan fingerprint density at radius 2 is 2.00 bits per heavy atom. The number of rotatable bonds is 2. The monoisotopic (exact) mass is 217 g/mol. The number of benzene rings is 1. The lowest BCUT2D eigenvalue weighted by molar-refractivity contribution is 0.409. The summed E-state index contributed by atoms with van der Waals surface area (Å²) >= 11 is 0. The van der Waals surface area contributed by atoms with Gasteiger partial charge in [-0.3, -0.25) is 4.55 Å². The highest BCUT2D eigenvalue weighted by atomic mass is 32.2. The van der Waals surface area contributed by atoms with Crippen molar-refractivity contribution in [1.82, 2.24) is 0 Å². The molecule has 0 amide bonds. The van der Waals surface area contributed by atoms with Gasteiger partial charge in [0.25, 0.3) is 10.1 Å². The summed E-state index contributed by atoms with van der Waals surface area (Å²) in [5, 5.41) is 0. The maximum absolute atomic E-state index is 11.0. The highest BCUT2D eigenvalue weighted by Crippen LogP contribution is 2.29. The summed E-state index contributed by atoms with van der Waals surface area (Å²) in [5.41, 5.74) is 5.74. The largest absolute Gasteiger partial charge is 0.496 e. The van der Waals surface area contributed by atoms with Gasteiger partial charge in [0, 0.05) is 5.56 Å². The standard InChI is InChI=1S/C8H11NO4S/c1-5-7(13-2)4-3-6(9)8(5)14(10,11)12/h3-4H,9H2,1-2H3,(H,10,11,12). The van der Waals surface area contributed by atoms with Crippen LogP contribution in [0.2, 0.25) is 0 Å². The van der Waals surface area contributed by atoms with Crippen LogP contribution in [0.25, 0.3) is 0 Å². The van der Waals surface area contributed by atoms with Gasteiger partial charge in [-0.05, 0) is 19.1 Å². The molecule has 1 aromatic rings. The van der Waals surface area contributed by atoms with Crippen molar-refractivity contribution in [2.24, 2.45) is 0 Å². The second-order valence-corrected chi connectivity index (χ2v) is 4.14. The van der Waals surface area contributed by atoms with Gasteiger partial charge < -0.3 is 10.5 Å². The molecule has 0 fully saturated rings. The van der Waals surface area contributed by atoms with Crippen LogP contribution in [0.15, 0.2) is 17.0 Å². The lowest BCUT2D eigenvalue weighted by Gasteiger charge is -2.10. The fourth-order valence-electron chi connectivity index (χ4n) is 1.26. The van der Waals surface area contributed by atoms with Crippen molar-refractivity contribution in [2.75, 3.05) is 12.8 Å².